The molecule has 2 aromatic rings. The van der Waals surface area contributed by atoms with Crippen molar-refractivity contribution in [3.63, 3.8) is 0 Å². The molecule has 0 aliphatic rings. The Balaban J connectivity index is 2.39. The summed E-state index contributed by atoms with van der Waals surface area (Å²) in [6.07, 6.45) is -3.78. The third-order valence-corrected chi connectivity index (χ3v) is 4.59. The second kappa shape index (κ2) is 8.46. The first-order chi connectivity index (χ1) is 12.7. The van der Waals surface area contributed by atoms with Gasteiger partial charge in [0, 0.05) is 12.6 Å². The van der Waals surface area contributed by atoms with E-state index in [2.05, 4.69) is 5.32 Å². The van der Waals surface area contributed by atoms with Crippen molar-refractivity contribution in [2.45, 2.75) is 46.4 Å². The van der Waals surface area contributed by atoms with Gasteiger partial charge in [0.2, 0.25) is 5.91 Å². The van der Waals surface area contributed by atoms with Gasteiger partial charge in [-0.3, -0.25) is 4.79 Å². The largest absolute Gasteiger partial charge is 0.489 e. The molecule has 0 bridgehead atoms. The minimum Gasteiger partial charge on any atom is -0.489 e. The van der Waals surface area contributed by atoms with Crippen LogP contribution in [0, 0.1) is 13.8 Å². The average molecular weight is 379 g/mol. The first-order valence-electron chi connectivity index (χ1n) is 8.78. The Kier molecular flexibility index (Phi) is 6.52. The van der Waals surface area contributed by atoms with Crippen molar-refractivity contribution in [2.24, 2.45) is 0 Å². The minimum atomic E-state index is -4.52. The van der Waals surface area contributed by atoms with E-state index in [0.717, 1.165) is 23.6 Å². The Bertz CT molecular complexity index is 829. The van der Waals surface area contributed by atoms with Gasteiger partial charge in [0.1, 0.15) is 12.4 Å². The maximum Gasteiger partial charge on any atom is 0.416 e. The monoisotopic (exact) mass is 379 g/mol. The van der Waals surface area contributed by atoms with Crippen molar-refractivity contribution in [2.75, 3.05) is 7.05 Å². The zero-order valence-electron chi connectivity index (χ0n) is 16.0. The van der Waals surface area contributed by atoms with Crippen LogP contribution in [0.4, 0.5) is 13.2 Å². The lowest BCUT2D eigenvalue weighted by atomic mass is 9.98. The summed E-state index contributed by atoms with van der Waals surface area (Å²) in [7, 11) is 1.45. The number of hydrogen-bond donors (Lipinski definition) is 1. The highest BCUT2D eigenvalue weighted by atomic mass is 19.4. The zero-order valence-corrected chi connectivity index (χ0v) is 16.0. The molecule has 0 heterocycles. The highest BCUT2D eigenvalue weighted by Gasteiger charge is 2.34. The Morgan fingerprint density at radius 2 is 1.81 bits per heavy atom. The van der Waals surface area contributed by atoms with Crippen LogP contribution < -0.4 is 10.1 Å². The SMILES string of the molecule is CCc1cc(C)c(OCc2c(CC(=O)NC)cccc2C(F)(F)F)cc1C. The van der Waals surface area contributed by atoms with E-state index in [9.17, 15) is 18.0 Å². The summed E-state index contributed by atoms with van der Waals surface area (Å²) in [6, 6.07) is 7.70. The normalized spacial score (nSPS) is 11.4. The minimum absolute atomic E-state index is 0.00905. The smallest absolute Gasteiger partial charge is 0.416 e. The number of amides is 1. The number of alkyl halides is 3. The maximum atomic E-state index is 13.5. The molecule has 0 saturated heterocycles. The molecule has 27 heavy (non-hydrogen) atoms. The summed E-state index contributed by atoms with van der Waals surface area (Å²) in [5.74, 6) is 0.197. The van der Waals surface area contributed by atoms with Crippen LogP contribution in [0.15, 0.2) is 30.3 Å². The van der Waals surface area contributed by atoms with Gasteiger partial charge in [-0.1, -0.05) is 25.1 Å². The summed E-state index contributed by atoms with van der Waals surface area (Å²) in [5.41, 5.74) is 2.61. The molecule has 1 amide bonds. The lowest BCUT2D eigenvalue weighted by Gasteiger charge is -2.19. The molecule has 0 unspecified atom stereocenters. The topological polar surface area (TPSA) is 38.3 Å². The van der Waals surface area contributed by atoms with Gasteiger partial charge in [0.05, 0.1) is 12.0 Å². The Hall–Kier alpha value is -2.50. The van der Waals surface area contributed by atoms with Crippen molar-refractivity contribution < 1.29 is 22.7 Å². The summed E-state index contributed by atoms with van der Waals surface area (Å²) in [6.45, 7) is 5.61. The first kappa shape index (κ1) is 20.8. The number of nitrogens with one attached hydrogen (secondary N) is 1. The lowest BCUT2D eigenvalue weighted by Crippen LogP contribution is -2.22. The molecule has 0 aliphatic carbocycles. The zero-order chi connectivity index (χ0) is 20.2. The second-order valence-corrected chi connectivity index (χ2v) is 6.48. The molecule has 0 aliphatic heterocycles. The van der Waals surface area contributed by atoms with E-state index < -0.39 is 11.7 Å². The molecule has 2 aromatic carbocycles. The molecule has 3 nitrogen and oxygen atoms in total. The van der Waals surface area contributed by atoms with E-state index in [1.165, 1.54) is 24.7 Å². The van der Waals surface area contributed by atoms with Crippen molar-refractivity contribution in [3.05, 3.63) is 63.7 Å². The molecule has 1 N–H and O–H groups in total. The molecule has 0 atom stereocenters. The number of carbonyl (C=O) groups is 1. The standard InChI is InChI=1S/C21H24F3NO2/c1-5-15-9-14(3)19(10-13(15)2)27-12-17-16(11-20(26)25-4)7-6-8-18(17)21(22,23)24/h6-10H,5,11-12H2,1-4H3,(H,25,26). The van der Waals surface area contributed by atoms with Crippen LogP contribution in [0.3, 0.4) is 0 Å². The second-order valence-electron chi connectivity index (χ2n) is 6.48. The lowest BCUT2D eigenvalue weighted by molar-refractivity contribution is -0.138. The van der Waals surface area contributed by atoms with E-state index in [1.54, 1.807) is 0 Å². The highest BCUT2D eigenvalue weighted by Crippen LogP contribution is 2.34. The number of hydrogen-bond acceptors (Lipinski definition) is 2. The van der Waals surface area contributed by atoms with E-state index in [0.29, 0.717) is 11.3 Å². The number of carbonyl (C=O) groups excluding carboxylic acids is 1. The van der Waals surface area contributed by atoms with Crippen LogP contribution in [0.1, 0.15) is 40.3 Å². The maximum absolute atomic E-state index is 13.5. The molecular formula is C21H24F3NO2. The van der Waals surface area contributed by atoms with Gasteiger partial charge in [-0.15, -0.1) is 0 Å². The highest BCUT2D eigenvalue weighted by molar-refractivity contribution is 5.78. The molecule has 0 aromatic heterocycles. The molecule has 0 saturated carbocycles. The van der Waals surface area contributed by atoms with Gasteiger partial charge in [0.15, 0.2) is 0 Å². The molecule has 0 spiro atoms. The van der Waals surface area contributed by atoms with Crippen LogP contribution in [-0.4, -0.2) is 13.0 Å². The molecule has 6 heteroatoms. The van der Waals surface area contributed by atoms with Crippen LogP contribution >= 0.6 is 0 Å². The van der Waals surface area contributed by atoms with Gasteiger partial charge >= 0.3 is 6.18 Å². The van der Waals surface area contributed by atoms with E-state index in [-0.39, 0.29) is 24.5 Å². The third-order valence-electron chi connectivity index (χ3n) is 4.59. The Morgan fingerprint density at radius 3 is 2.41 bits per heavy atom. The van der Waals surface area contributed by atoms with Gasteiger partial charge in [-0.2, -0.15) is 13.2 Å². The van der Waals surface area contributed by atoms with Crippen molar-refractivity contribution in [3.8, 4) is 5.75 Å². The van der Waals surface area contributed by atoms with Gasteiger partial charge in [-0.25, -0.2) is 0 Å². The van der Waals surface area contributed by atoms with E-state index in [1.807, 2.05) is 32.9 Å². The number of ether oxygens (including phenoxy) is 1. The molecule has 0 fully saturated rings. The number of likely N-dealkylation sites (N-methyl/N-ethyl adjacent to an activating group) is 1. The first-order valence-corrected chi connectivity index (χ1v) is 8.78. The Morgan fingerprint density at radius 1 is 1.11 bits per heavy atom. The van der Waals surface area contributed by atoms with Crippen molar-refractivity contribution in [1.29, 1.82) is 0 Å². The Labute approximate surface area is 157 Å². The quantitative estimate of drug-likeness (QED) is 0.786. The average Bonchev–Trinajstić information content (AvgIpc) is 2.61. The number of halogens is 3. The van der Waals surface area contributed by atoms with Crippen LogP contribution in [0.2, 0.25) is 0 Å². The fourth-order valence-electron chi connectivity index (χ4n) is 3.03. The van der Waals surface area contributed by atoms with Crippen molar-refractivity contribution >= 4 is 5.91 Å². The van der Waals surface area contributed by atoms with E-state index in [4.69, 9.17) is 4.74 Å². The molecule has 146 valence electrons. The summed E-state index contributed by atoms with van der Waals surface area (Å²) < 4.78 is 46.1. The molecular weight excluding hydrogens is 355 g/mol. The van der Waals surface area contributed by atoms with Gasteiger partial charge < -0.3 is 10.1 Å². The van der Waals surface area contributed by atoms with Crippen LogP contribution in [-0.2, 0) is 30.4 Å². The van der Waals surface area contributed by atoms with Crippen LogP contribution in [0.5, 0.6) is 5.75 Å². The molecule has 2 rings (SSSR count). The predicted octanol–water partition coefficient (Wildman–Crippen LogP) is 4.75. The molecule has 0 radical (unpaired) electrons. The third kappa shape index (κ3) is 5.02. The van der Waals surface area contributed by atoms with Crippen molar-refractivity contribution in [1.82, 2.24) is 5.32 Å². The van der Waals surface area contributed by atoms with Gasteiger partial charge in [0.25, 0.3) is 0 Å². The predicted molar refractivity (Wildman–Crippen MR) is 98.8 cm³/mol. The number of benzene rings is 2. The number of aryl methyl sites for hydroxylation is 3. The van der Waals surface area contributed by atoms with E-state index >= 15 is 0 Å². The summed E-state index contributed by atoms with van der Waals surface area (Å²) in [5, 5.41) is 2.44. The fourth-order valence-corrected chi connectivity index (χ4v) is 3.03. The number of rotatable bonds is 6. The van der Waals surface area contributed by atoms with Gasteiger partial charge in [-0.05, 0) is 54.7 Å². The summed E-state index contributed by atoms with van der Waals surface area (Å²) in [4.78, 5) is 11.7. The van der Waals surface area contributed by atoms with Crippen LogP contribution in [0.25, 0.3) is 0 Å². The fraction of sp³-hybridized carbons (Fsp3) is 0.381. The summed E-state index contributed by atoms with van der Waals surface area (Å²) >= 11 is 0.